The average molecular weight is 416 g/mol. The third-order valence-corrected chi connectivity index (χ3v) is 5.57. The van der Waals surface area contributed by atoms with E-state index in [1.54, 1.807) is 42.1 Å². The van der Waals surface area contributed by atoms with Gasteiger partial charge in [0.1, 0.15) is 16.6 Å². The lowest BCUT2D eigenvalue weighted by molar-refractivity contribution is 0.415. The summed E-state index contributed by atoms with van der Waals surface area (Å²) in [6, 6.07) is 15.1. The van der Waals surface area contributed by atoms with E-state index in [-0.39, 0.29) is 5.82 Å². The van der Waals surface area contributed by atoms with Crippen molar-refractivity contribution in [2.45, 2.75) is 0 Å². The van der Waals surface area contributed by atoms with Gasteiger partial charge in [0.05, 0.1) is 28.6 Å². The number of fused-ring (bicyclic) bond motifs is 2. The molecule has 148 valence electrons. The number of azo groups is 1. The zero-order chi connectivity index (χ0) is 20.7. The minimum Gasteiger partial charge on any atom is -0.497 e. The van der Waals surface area contributed by atoms with Crippen molar-refractivity contribution in [3.05, 3.63) is 54.7 Å². The van der Waals surface area contributed by atoms with Crippen LogP contribution in [0.2, 0.25) is 0 Å². The molecule has 0 aliphatic carbocycles. The van der Waals surface area contributed by atoms with Crippen molar-refractivity contribution in [3.63, 3.8) is 0 Å². The predicted molar refractivity (Wildman–Crippen MR) is 118 cm³/mol. The summed E-state index contributed by atoms with van der Waals surface area (Å²) in [5.41, 5.74) is 15.3. The molecule has 0 atom stereocenters. The van der Waals surface area contributed by atoms with Crippen molar-refractivity contribution in [1.82, 2.24) is 19.6 Å². The number of methoxy groups -OCH3 is 1. The number of nitrogens with zero attached hydrogens (tertiary/aromatic N) is 6. The lowest BCUT2D eigenvalue weighted by Crippen LogP contribution is -1.99. The normalized spacial score (nSPS) is 11.6. The minimum atomic E-state index is 0.209. The predicted octanol–water partition coefficient (Wildman–Crippen LogP) is 4.59. The Morgan fingerprint density at radius 3 is 2.53 bits per heavy atom. The molecule has 2 aromatic carbocycles. The number of thiazole rings is 1. The maximum atomic E-state index is 6.25. The Kier molecular flexibility index (Phi) is 4.25. The number of hydrogen-bond donors (Lipinski definition) is 2. The first kappa shape index (κ1) is 18.0. The molecule has 10 heteroatoms. The number of benzene rings is 2. The molecule has 0 aliphatic heterocycles. The van der Waals surface area contributed by atoms with Crippen molar-refractivity contribution >= 4 is 50.2 Å². The fraction of sp³-hybridized carbons (Fsp3) is 0.0500. The van der Waals surface area contributed by atoms with E-state index in [0.717, 1.165) is 21.0 Å². The van der Waals surface area contributed by atoms with E-state index in [2.05, 4.69) is 25.3 Å². The molecule has 0 radical (unpaired) electrons. The molecule has 0 saturated carbocycles. The van der Waals surface area contributed by atoms with Gasteiger partial charge in [-0.3, -0.25) is 0 Å². The van der Waals surface area contributed by atoms with Crippen molar-refractivity contribution in [1.29, 1.82) is 0 Å². The van der Waals surface area contributed by atoms with Crippen LogP contribution in [0.15, 0.2) is 65.0 Å². The second-order valence-corrected chi connectivity index (χ2v) is 7.46. The number of nitrogen functional groups attached to an aromatic ring is 2. The third-order valence-electron chi connectivity index (χ3n) is 4.50. The van der Waals surface area contributed by atoms with Gasteiger partial charge < -0.3 is 16.2 Å². The van der Waals surface area contributed by atoms with Crippen LogP contribution >= 0.6 is 11.3 Å². The lowest BCUT2D eigenvalue weighted by atomic mass is 10.3. The Labute approximate surface area is 174 Å². The summed E-state index contributed by atoms with van der Waals surface area (Å²) >= 11 is 1.54. The van der Waals surface area contributed by atoms with Gasteiger partial charge in [-0.25, -0.2) is 14.5 Å². The first-order valence-corrected chi connectivity index (χ1v) is 9.80. The largest absolute Gasteiger partial charge is 0.497 e. The van der Waals surface area contributed by atoms with Crippen LogP contribution < -0.4 is 16.2 Å². The van der Waals surface area contributed by atoms with E-state index in [1.165, 1.54) is 11.3 Å². The summed E-state index contributed by atoms with van der Waals surface area (Å²) in [4.78, 5) is 9.12. The zero-order valence-electron chi connectivity index (χ0n) is 15.9. The highest BCUT2D eigenvalue weighted by Crippen LogP contribution is 2.35. The summed E-state index contributed by atoms with van der Waals surface area (Å²) in [7, 11) is 1.61. The molecule has 4 N–H and O–H groups in total. The van der Waals surface area contributed by atoms with Gasteiger partial charge in [-0.1, -0.05) is 12.1 Å². The number of para-hydroxylation sites is 1. The fourth-order valence-electron chi connectivity index (χ4n) is 3.00. The van der Waals surface area contributed by atoms with Crippen LogP contribution in [-0.4, -0.2) is 26.7 Å². The molecule has 5 aromatic rings. The monoisotopic (exact) mass is 416 g/mol. The number of rotatable bonds is 4. The van der Waals surface area contributed by atoms with E-state index in [4.69, 9.17) is 16.2 Å². The average Bonchev–Trinajstić information content (AvgIpc) is 3.32. The number of nitrogens with two attached hydrogens (primary N) is 2. The molecule has 0 fully saturated rings. The first-order chi connectivity index (χ1) is 14.6. The quantitative estimate of drug-likeness (QED) is 0.412. The molecule has 3 aromatic heterocycles. The second kappa shape index (κ2) is 7.08. The Morgan fingerprint density at radius 2 is 1.77 bits per heavy atom. The fourth-order valence-corrected chi connectivity index (χ4v) is 3.98. The molecule has 0 unspecified atom stereocenters. The van der Waals surface area contributed by atoms with Gasteiger partial charge in [0, 0.05) is 6.20 Å². The number of ether oxygens (including phenoxy) is 1. The van der Waals surface area contributed by atoms with Crippen molar-refractivity contribution in [3.8, 4) is 16.3 Å². The molecular weight excluding hydrogens is 400 g/mol. The molecule has 9 nitrogen and oxygen atoms in total. The first-order valence-electron chi connectivity index (χ1n) is 8.98. The van der Waals surface area contributed by atoms with Gasteiger partial charge in [0.25, 0.3) is 0 Å². The smallest absolute Gasteiger partial charge is 0.187 e. The van der Waals surface area contributed by atoms with Gasteiger partial charge >= 0.3 is 0 Å². The third kappa shape index (κ3) is 3.08. The summed E-state index contributed by atoms with van der Waals surface area (Å²) < 4.78 is 7.76. The van der Waals surface area contributed by atoms with Crippen molar-refractivity contribution in [2.75, 3.05) is 18.6 Å². The van der Waals surface area contributed by atoms with Gasteiger partial charge in [-0.2, -0.15) is 5.11 Å². The SMILES string of the molecule is COc1ccc(N=Nc2c(N)nn3cc(-c4nc5ccccc5s4)c(N)nc23)cc1. The molecule has 0 aliphatic rings. The molecular formula is C20H16N8OS. The molecule has 5 rings (SSSR count). The Morgan fingerprint density at radius 1 is 0.967 bits per heavy atom. The van der Waals surface area contributed by atoms with E-state index < -0.39 is 0 Å². The summed E-state index contributed by atoms with van der Waals surface area (Å²) in [6.07, 6.45) is 1.76. The minimum absolute atomic E-state index is 0.209. The lowest BCUT2D eigenvalue weighted by Gasteiger charge is -2.02. The molecule has 0 amide bonds. The molecule has 0 bridgehead atoms. The molecule has 0 saturated heterocycles. The summed E-state index contributed by atoms with van der Waals surface area (Å²) in [6.45, 7) is 0. The highest BCUT2D eigenvalue weighted by molar-refractivity contribution is 7.21. The highest BCUT2D eigenvalue weighted by atomic mass is 32.1. The topological polar surface area (TPSA) is 129 Å². The van der Waals surface area contributed by atoms with Crippen LogP contribution in [0.1, 0.15) is 0 Å². The number of hydrogen-bond acceptors (Lipinski definition) is 9. The van der Waals surface area contributed by atoms with Crippen molar-refractivity contribution in [2.24, 2.45) is 10.2 Å². The highest BCUT2D eigenvalue weighted by Gasteiger charge is 2.17. The molecule has 3 heterocycles. The van der Waals surface area contributed by atoms with Crippen LogP contribution in [0, 0.1) is 0 Å². The maximum Gasteiger partial charge on any atom is 0.187 e. The van der Waals surface area contributed by atoms with Gasteiger partial charge in [-0.15, -0.1) is 21.5 Å². The van der Waals surface area contributed by atoms with Crippen LogP contribution in [0.3, 0.4) is 0 Å². The Balaban J connectivity index is 1.55. The standard InChI is InChI=1S/C20H16N8OS/c1-29-12-8-6-11(7-9-12)25-26-16-18(22)27-28-10-13(17(21)24-19(16)28)20-23-14-4-2-3-5-15(14)30-20/h2-10H,1H3,(H2,21,24)(H2,22,27). The van der Waals surface area contributed by atoms with E-state index >= 15 is 0 Å². The maximum absolute atomic E-state index is 6.25. The van der Waals surface area contributed by atoms with E-state index in [1.807, 2.05) is 24.3 Å². The van der Waals surface area contributed by atoms with Crippen molar-refractivity contribution < 1.29 is 4.74 Å². The Bertz CT molecular complexity index is 1370. The molecule has 30 heavy (non-hydrogen) atoms. The van der Waals surface area contributed by atoms with Crippen LogP contribution in [0.4, 0.5) is 23.0 Å². The number of aromatic nitrogens is 4. The van der Waals surface area contributed by atoms with Crippen LogP contribution in [0.25, 0.3) is 26.4 Å². The second-order valence-electron chi connectivity index (χ2n) is 6.43. The number of anilines is 2. The van der Waals surface area contributed by atoms with Crippen LogP contribution in [0.5, 0.6) is 5.75 Å². The van der Waals surface area contributed by atoms with E-state index in [9.17, 15) is 0 Å². The molecule has 0 spiro atoms. The summed E-state index contributed by atoms with van der Waals surface area (Å²) in [5.74, 6) is 1.27. The summed E-state index contributed by atoms with van der Waals surface area (Å²) in [5, 5.41) is 13.5. The van der Waals surface area contributed by atoms with Gasteiger partial charge in [-0.05, 0) is 36.4 Å². The van der Waals surface area contributed by atoms with E-state index in [0.29, 0.717) is 28.4 Å². The van der Waals surface area contributed by atoms with Gasteiger partial charge in [0.2, 0.25) is 0 Å². The zero-order valence-corrected chi connectivity index (χ0v) is 16.7. The van der Waals surface area contributed by atoms with Gasteiger partial charge in [0.15, 0.2) is 17.2 Å². The van der Waals surface area contributed by atoms with Crippen LogP contribution in [-0.2, 0) is 0 Å². The Hall–Kier alpha value is -4.05.